The van der Waals surface area contributed by atoms with Gasteiger partial charge in [-0.25, -0.2) is 4.79 Å². The molecule has 0 saturated heterocycles. The van der Waals surface area contributed by atoms with Crippen LogP contribution in [0.25, 0.3) is 10.1 Å². The predicted molar refractivity (Wildman–Crippen MR) is 59.5 cm³/mol. The van der Waals surface area contributed by atoms with Crippen molar-refractivity contribution < 1.29 is 14.6 Å². The third-order valence-corrected chi connectivity index (χ3v) is 3.25. The molecule has 1 aromatic heterocycles. The number of ether oxygens (including phenoxy) is 1. The van der Waals surface area contributed by atoms with Crippen LogP contribution in [0.15, 0.2) is 24.3 Å². The molecule has 0 fully saturated rings. The molecular weight excluding hydrogens is 212 g/mol. The second kappa shape index (κ2) is 4.00. The summed E-state index contributed by atoms with van der Waals surface area (Å²) >= 11 is 1.29. The maximum atomic E-state index is 10.8. The van der Waals surface area contributed by atoms with Crippen LogP contribution in [-0.2, 0) is 11.3 Å². The van der Waals surface area contributed by atoms with Crippen LogP contribution in [0.5, 0.6) is 0 Å². The highest BCUT2D eigenvalue weighted by atomic mass is 32.1. The van der Waals surface area contributed by atoms with Crippen LogP contribution in [0.2, 0.25) is 0 Å². The maximum absolute atomic E-state index is 10.8. The zero-order valence-corrected chi connectivity index (χ0v) is 9.00. The van der Waals surface area contributed by atoms with Gasteiger partial charge in [0.05, 0.1) is 6.61 Å². The van der Waals surface area contributed by atoms with Gasteiger partial charge in [0.15, 0.2) is 0 Å². The molecule has 0 amide bonds. The zero-order valence-electron chi connectivity index (χ0n) is 8.19. The Labute approximate surface area is 90.9 Å². The van der Waals surface area contributed by atoms with Gasteiger partial charge < -0.3 is 9.84 Å². The van der Waals surface area contributed by atoms with Crippen molar-refractivity contribution in [2.24, 2.45) is 0 Å². The molecule has 1 aromatic carbocycles. The first-order valence-corrected chi connectivity index (χ1v) is 5.27. The Hall–Kier alpha value is -1.39. The lowest BCUT2D eigenvalue weighted by Crippen LogP contribution is -1.90. The molecular formula is C11H10O3S. The van der Waals surface area contributed by atoms with Crippen LogP contribution in [0, 0.1) is 0 Å². The van der Waals surface area contributed by atoms with Gasteiger partial charge in [-0.05, 0) is 23.1 Å². The first-order chi connectivity index (χ1) is 7.22. The van der Waals surface area contributed by atoms with E-state index >= 15 is 0 Å². The number of carboxylic acid groups (broad SMARTS) is 1. The van der Waals surface area contributed by atoms with Gasteiger partial charge in [0, 0.05) is 11.8 Å². The Bertz CT molecular complexity index is 502. The summed E-state index contributed by atoms with van der Waals surface area (Å²) in [6.45, 7) is 0.507. The van der Waals surface area contributed by atoms with Gasteiger partial charge in [0.2, 0.25) is 0 Å². The summed E-state index contributed by atoms with van der Waals surface area (Å²) in [6, 6.07) is 7.49. The summed E-state index contributed by atoms with van der Waals surface area (Å²) in [5, 5.41) is 9.86. The number of carboxylic acids is 1. The van der Waals surface area contributed by atoms with E-state index in [1.807, 2.05) is 18.2 Å². The fourth-order valence-electron chi connectivity index (χ4n) is 1.51. The number of hydrogen-bond donors (Lipinski definition) is 1. The molecule has 4 heteroatoms. The van der Waals surface area contributed by atoms with Crippen molar-refractivity contribution in [3.8, 4) is 0 Å². The van der Waals surface area contributed by atoms with E-state index in [1.54, 1.807) is 13.2 Å². The molecule has 2 aromatic rings. The Kier molecular flexibility index (Phi) is 2.70. The third kappa shape index (κ3) is 1.86. The minimum atomic E-state index is -0.875. The number of fused-ring (bicyclic) bond motifs is 1. The Morgan fingerprint density at radius 3 is 3.00 bits per heavy atom. The van der Waals surface area contributed by atoms with Crippen LogP contribution in [0.4, 0.5) is 0 Å². The Morgan fingerprint density at radius 1 is 1.53 bits per heavy atom. The molecule has 78 valence electrons. The van der Waals surface area contributed by atoms with E-state index in [4.69, 9.17) is 9.84 Å². The number of carbonyl (C=O) groups is 1. The average molecular weight is 222 g/mol. The van der Waals surface area contributed by atoms with Gasteiger partial charge in [-0.1, -0.05) is 12.1 Å². The smallest absolute Gasteiger partial charge is 0.345 e. The Balaban J connectivity index is 2.59. The van der Waals surface area contributed by atoms with Crippen LogP contribution >= 0.6 is 11.3 Å². The van der Waals surface area contributed by atoms with Gasteiger partial charge in [-0.15, -0.1) is 11.3 Å². The number of hydrogen-bond acceptors (Lipinski definition) is 3. The van der Waals surface area contributed by atoms with Crippen molar-refractivity contribution in [3.05, 3.63) is 34.7 Å². The molecule has 15 heavy (non-hydrogen) atoms. The van der Waals surface area contributed by atoms with E-state index in [0.717, 1.165) is 15.6 Å². The minimum Gasteiger partial charge on any atom is -0.477 e. The van der Waals surface area contributed by atoms with E-state index in [2.05, 4.69) is 0 Å². The highest BCUT2D eigenvalue weighted by Crippen LogP contribution is 2.28. The van der Waals surface area contributed by atoms with Gasteiger partial charge >= 0.3 is 5.97 Å². The van der Waals surface area contributed by atoms with Gasteiger partial charge in [-0.3, -0.25) is 0 Å². The number of benzene rings is 1. The summed E-state index contributed by atoms with van der Waals surface area (Å²) in [6.07, 6.45) is 0. The third-order valence-electron chi connectivity index (χ3n) is 2.16. The quantitative estimate of drug-likeness (QED) is 0.868. The molecule has 0 aliphatic heterocycles. The molecule has 0 radical (unpaired) electrons. The Morgan fingerprint density at radius 2 is 2.33 bits per heavy atom. The molecule has 0 atom stereocenters. The highest BCUT2D eigenvalue weighted by Gasteiger charge is 2.10. The minimum absolute atomic E-state index is 0.369. The van der Waals surface area contributed by atoms with E-state index in [9.17, 15) is 4.79 Å². The molecule has 0 bridgehead atoms. The summed E-state index contributed by atoms with van der Waals surface area (Å²) in [5.74, 6) is -0.875. The van der Waals surface area contributed by atoms with Crippen molar-refractivity contribution in [2.75, 3.05) is 7.11 Å². The van der Waals surface area contributed by atoms with Crippen molar-refractivity contribution in [1.29, 1.82) is 0 Å². The summed E-state index contributed by atoms with van der Waals surface area (Å²) in [5.41, 5.74) is 1.03. The average Bonchev–Trinajstić information content (AvgIpc) is 2.63. The second-order valence-electron chi connectivity index (χ2n) is 3.18. The number of aromatic carboxylic acids is 1. The van der Waals surface area contributed by atoms with Crippen molar-refractivity contribution in [1.82, 2.24) is 0 Å². The molecule has 0 saturated carbocycles. The standard InChI is InChI=1S/C11H10O3S/c1-14-6-7-3-2-4-9-8(7)5-10(15-9)11(12)13/h2-5H,6H2,1H3,(H,12,13). The summed E-state index contributed by atoms with van der Waals surface area (Å²) in [4.78, 5) is 11.2. The van der Waals surface area contributed by atoms with Gasteiger partial charge in [0.25, 0.3) is 0 Å². The summed E-state index contributed by atoms with van der Waals surface area (Å²) in [7, 11) is 1.63. The van der Waals surface area contributed by atoms with E-state index in [1.165, 1.54) is 11.3 Å². The predicted octanol–water partition coefficient (Wildman–Crippen LogP) is 2.75. The fraction of sp³-hybridized carbons (Fsp3) is 0.182. The van der Waals surface area contributed by atoms with Crippen LogP contribution < -0.4 is 0 Å². The van der Waals surface area contributed by atoms with E-state index in [0.29, 0.717) is 11.5 Å². The second-order valence-corrected chi connectivity index (χ2v) is 4.26. The molecule has 0 spiro atoms. The van der Waals surface area contributed by atoms with Gasteiger partial charge in [0.1, 0.15) is 4.88 Å². The SMILES string of the molecule is COCc1cccc2sc(C(=O)O)cc12. The maximum Gasteiger partial charge on any atom is 0.345 e. The van der Waals surface area contributed by atoms with Crippen LogP contribution in [0.1, 0.15) is 15.2 Å². The summed E-state index contributed by atoms with van der Waals surface area (Å²) < 4.78 is 6.05. The highest BCUT2D eigenvalue weighted by molar-refractivity contribution is 7.20. The van der Waals surface area contributed by atoms with E-state index in [-0.39, 0.29) is 0 Å². The normalized spacial score (nSPS) is 10.7. The first-order valence-electron chi connectivity index (χ1n) is 4.46. The molecule has 1 heterocycles. The van der Waals surface area contributed by atoms with Crippen LogP contribution in [-0.4, -0.2) is 18.2 Å². The lowest BCUT2D eigenvalue weighted by Gasteiger charge is -2.00. The lowest BCUT2D eigenvalue weighted by molar-refractivity contribution is 0.0702. The fourth-order valence-corrected chi connectivity index (χ4v) is 2.46. The number of thiophene rings is 1. The van der Waals surface area contributed by atoms with Crippen molar-refractivity contribution in [2.45, 2.75) is 6.61 Å². The van der Waals surface area contributed by atoms with Gasteiger partial charge in [-0.2, -0.15) is 0 Å². The van der Waals surface area contributed by atoms with E-state index < -0.39 is 5.97 Å². The largest absolute Gasteiger partial charge is 0.477 e. The monoisotopic (exact) mass is 222 g/mol. The zero-order chi connectivity index (χ0) is 10.8. The molecule has 3 nitrogen and oxygen atoms in total. The van der Waals surface area contributed by atoms with Crippen molar-refractivity contribution in [3.63, 3.8) is 0 Å². The molecule has 0 unspecified atom stereocenters. The lowest BCUT2D eigenvalue weighted by atomic mass is 10.1. The first kappa shape index (κ1) is 10.1. The van der Waals surface area contributed by atoms with Crippen LogP contribution in [0.3, 0.4) is 0 Å². The molecule has 2 rings (SSSR count). The molecule has 0 aliphatic carbocycles. The molecule has 1 N–H and O–H groups in total. The molecule has 0 aliphatic rings. The van der Waals surface area contributed by atoms with Crippen molar-refractivity contribution >= 4 is 27.4 Å². The number of methoxy groups -OCH3 is 1. The topological polar surface area (TPSA) is 46.5 Å². The number of rotatable bonds is 3.